The lowest BCUT2D eigenvalue weighted by Crippen LogP contribution is -2.24. The summed E-state index contributed by atoms with van der Waals surface area (Å²) in [7, 11) is 5.87. The van der Waals surface area contributed by atoms with Gasteiger partial charge in [-0.1, -0.05) is 11.6 Å². The molecule has 0 saturated heterocycles. The third-order valence-corrected chi connectivity index (χ3v) is 3.26. The first-order chi connectivity index (χ1) is 7.97. The Bertz CT molecular complexity index is 380. The highest BCUT2D eigenvalue weighted by atomic mass is 35.5. The van der Waals surface area contributed by atoms with Gasteiger partial charge in [-0.15, -0.1) is 0 Å². The molecular weight excluding hydrogens is 239 g/mol. The van der Waals surface area contributed by atoms with Crippen LogP contribution in [0.1, 0.15) is 23.6 Å². The van der Waals surface area contributed by atoms with E-state index in [9.17, 15) is 4.39 Å². The number of halogens is 2. The summed E-state index contributed by atoms with van der Waals surface area (Å²) in [5, 5.41) is 3.74. The van der Waals surface area contributed by atoms with Crippen LogP contribution in [0.5, 0.6) is 0 Å². The third kappa shape index (κ3) is 3.66. The molecule has 1 N–H and O–H groups in total. The van der Waals surface area contributed by atoms with E-state index in [1.165, 1.54) is 0 Å². The van der Waals surface area contributed by atoms with E-state index < -0.39 is 0 Å². The fourth-order valence-corrected chi connectivity index (χ4v) is 2.23. The summed E-state index contributed by atoms with van der Waals surface area (Å²) in [5.41, 5.74) is 1.44. The Labute approximate surface area is 108 Å². The van der Waals surface area contributed by atoms with Gasteiger partial charge >= 0.3 is 0 Å². The molecular formula is C13H20ClFN2. The maximum absolute atomic E-state index is 13.6. The fourth-order valence-electron chi connectivity index (χ4n) is 1.89. The second-order valence-corrected chi connectivity index (χ2v) is 4.90. The Morgan fingerprint density at radius 1 is 1.41 bits per heavy atom. The van der Waals surface area contributed by atoms with E-state index >= 15 is 0 Å². The molecule has 1 aromatic rings. The number of benzene rings is 1. The lowest BCUT2D eigenvalue weighted by atomic mass is 10.0. The first kappa shape index (κ1) is 14.4. The summed E-state index contributed by atoms with van der Waals surface area (Å²) >= 11 is 6.21. The summed E-state index contributed by atoms with van der Waals surface area (Å²) in [6.45, 7) is 2.60. The average Bonchev–Trinajstić information content (AvgIpc) is 2.25. The second kappa shape index (κ2) is 6.34. The molecule has 0 aliphatic heterocycles. The Kier molecular flexibility index (Phi) is 5.37. The van der Waals surface area contributed by atoms with Gasteiger partial charge in [-0.2, -0.15) is 0 Å². The number of rotatable bonds is 5. The first-order valence-electron chi connectivity index (χ1n) is 5.74. The SMILES string of the molecule is CNCCC(c1cc(F)c(C)cc1Cl)N(C)C. The molecule has 1 aromatic carbocycles. The van der Waals surface area contributed by atoms with Crippen LogP contribution in [0.4, 0.5) is 4.39 Å². The minimum Gasteiger partial charge on any atom is -0.320 e. The summed E-state index contributed by atoms with van der Waals surface area (Å²) in [4.78, 5) is 2.06. The van der Waals surface area contributed by atoms with E-state index in [1.54, 1.807) is 19.1 Å². The molecule has 0 heterocycles. The van der Waals surface area contributed by atoms with Crippen molar-refractivity contribution in [3.05, 3.63) is 34.1 Å². The lowest BCUT2D eigenvalue weighted by molar-refractivity contribution is 0.282. The van der Waals surface area contributed by atoms with Crippen molar-refractivity contribution in [2.45, 2.75) is 19.4 Å². The van der Waals surface area contributed by atoms with Crippen LogP contribution in [-0.2, 0) is 0 Å². The molecule has 0 aliphatic rings. The molecule has 0 fully saturated rings. The van der Waals surface area contributed by atoms with Crippen LogP contribution in [0.2, 0.25) is 5.02 Å². The van der Waals surface area contributed by atoms with E-state index in [-0.39, 0.29) is 11.9 Å². The van der Waals surface area contributed by atoms with Crippen LogP contribution >= 0.6 is 11.6 Å². The highest BCUT2D eigenvalue weighted by Crippen LogP contribution is 2.30. The molecule has 17 heavy (non-hydrogen) atoms. The van der Waals surface area contributed by atoms with E-state index in [4.69, 9.17) is 11.6 Å². The molecule has 0 saturated carbocycles. The van der Waals surface area contributed by atoms with Gasteiger partial charge in [0.05, 0.1) is 0 Å². The molecule has 1 atom stereocenters. The van der Waals surface area contributed by atoms with Crippen molar-refractivity contribution in [3.8, 4) is 0 Å². The molecule has 1 rings (SSSR count). The van der Waals surface area contributed by atoms with Gasteiger partial charge in [0.1, 0.15) is 5.82 Å². The molecule has 4 heteroatoms. The van der Waals surface area contributed by atoms with E-state index in [0.29, 0.717) is 10.6 Å². The number of hydrogen-bond donors (Lipinski definition) is 1. The van der Waals surface area contributed by atoms with E-state index in [2.05, 4.69) is 10.2 Å². The topological polar surface area (TPSA) is 15.3 Å². The summed E-state index contributed by atoms with van der Waals surface area (Å²) in [6.07, 6.45) is 0.895. The number of nitrogens with zero attached hydrogens (tertiary/aromatic N) is 1. The van der Waals surface area contributed by atoms with Gasteiger partial charge in [0.15, 0.2) is 0 Å². The molecule has 0 spiro atoms. The van der Waals surface area contributed by atoms with Gasteiger partial charge in [-0.05, 0) is 64.3 Å². The van der Waals surface area contributed by atoms with Crippen LogP contribution < -0.4 is 5.32 Å². The zero-order valence-electron chi connectivity index (χ0n) is 10.8. The van der Waals surface area contributed by atoms with Gasteiger partial charge in [0.25, 0.3) is 0 Å². The maximum atomic E-state index is 13.6. The second-order valence-electron chi connectivity index (χ2n) is 4.49. The Balaban J connectivity index is 3.05. The van der Waals surface area contributed by atoms with Crippen molar-refractivity contribution in [2.75, 3.05) is 27.7 Å². The summed E-state index contributed by atoms with van der Waals surface area (Å²) in [6, 6.07) is 3.38. The molecule has 0 aromatic heterocycles. The van der Waals surface area contributed by atoms with Crippen molar-refractivity contribution in [3.63, 3.8) is 0 Å². The zero-order chi connectivity index (χ0) is 13.0. The van der Waals surface area contributed by atoms with Crippen LogP contribution in [0.3, 0.4) is 0 Å². The maximum Gasteiger partial charge on any atom is 0.126 e. The molecule has 1 unspecified atom stereocenters. The Morgan fingerprint density at radius 2 is 2.06 bits per heavy atom. The minimum atomic E-state index is -0.194. The predicted octanol–water partition coefficient (Wildman–Crippen LogP) is 3.00. The average molecular weight is 259 g/mol. The van der Waals surface area contributed by atoms with Gasteiger partial charge < -0.3 is 10.2 Å². The lowest BCUT2D eigenvalue weighted by Gasteiger charge is -2.26. The monoisotopic (exact) mass is 258 g/mol. The largest absolute Gasteiger partial charge is 0.320 e. The van der Waals surface area contributed by atoms with E-state index in [0.717, 1.165) is 18.5 Å². The quantitative estimate of drug-likeness (QED) is 0.874. The normalized spacial score (nSPS) is 13.1. The summed E-state index contributed by atoms with van der Waals surface area (Å²) in [5.74, 6) is -0.194. The van der Waals surface area contributed by atoms with Crippen LogP contribution in [0.15, 0.2) is 12.1 Å². The van der Waals surface area contributed by atoms with Crippen LogP contribution in [0, 0.1) is 12.7 Å². The Hall–Kier alpha value is -0.640. The van der Waals surface area contributed by atoms with Gasteiger partial charge in [-0.3, -0.25) is 0 Å². The minimum absolute atomic E-state index is 0.130. The van der Waals surface area contributed by atoms with Gasteiger partial charge in [0.2, 0.25) is 0 Å². The Morgan fingerprint density at radius 3 is 2.59 bits per heavy atom. The van der Waals surface area contributed by atoms with Gasteiger partial charge in [0, 0.05) is 11.1 Å². The van der Waals surface area contributed by atoms with E-state index in [1.807, 2.05) is 21.1 Å². The predicted molar refractivity (Wildman–Crippen MR) is 71.1 cm³/mol. The smallest absolute Gasteiger partial charge is 0.126 e. The molecule has 0 radical (unpaired) electrons. The van der Waals surface area contributed by atoms with Crippen molar-refractivity contribution in [1.82, 2.24) is 10.2 Å². The number of nitrogens with one attached hydrogen (secondary N) is 1. The number of hydrogen-bond acceptors (Lipinski definition) is 2. The molecule has 0 amide bonds. The van der Waals surface area contributed by atoms with Crippen LogP contribution in [0.25, 0.3) is 0 Å². The van der Waals surface area contributed by atoms with Crippen molar-refractivity contribution in [2.24, 2.45) is 0 Å². The van der Waals surface area contributed by atoms with Crippen molar-refractivity contribution >= 4 is 11.6 Å². The summed E-state index contributed by atoms with van der Waals surface area (Å²) < 4.78 is 13.6. The molecule has 0 aliphatic carbocycles. The van der Waals surface area contributed by atoms with Crippen molar-refractivity contribution in [1.29, 1.82) is 0 Å². The standard InChI is InChI=1S/C13H20ClFN2/c1-9-7-11(14)10(8-12(9)15)13(17(3)4)5-6-16-2/h7-8,13,16H,5-6H2,1-4H3. The van der Waals surface area contributed by atoms with Crippen LogP contribution in [-0.4, -0.2) is 32.6 Å². The third-order valence-electron chi connectivity index (χ3n) is 2.93. The highest BCUT2D eigenvalue weighted by Gasteiger charge is 2.18. The molecule has 0 bridgehead atoms. The van der Waals surface area contributed by atoms with Gasteiger partial charge in [-0.25, -0.2) is 4.39 Å². The van der Waals surface area contributed by atoms with Crippen molar-refractivity contribution < 1.29 is 4.39 Å². The highest BCUT2D eigenvalue weighted by molar-refractivity contribution is 6.31. The fraction of sp³-hybridized carbons (Fsp3) is 0.538. The molecule has 2 nitrogen and oxygen atoms in total. The zero-order valence-corrected chi connectivity index (χ0v) is 11.6. The first-order valence-corrected chi connectivity index (χ1v) is 6.11. The molecule has 96 valence electrons. The number of aryl methyl sites for hydroxylation is 1.